The van der Waals surface area contributed by atoms with Gasteiger partial charge in [0.1, 0.15) is 11.4 Å². The standard InChI is InChI=1S/C27H37N3O7S/c1-18-10-16-22(17-11-18)38(34,35)30(20-12-14-21(15-13-20)36-25(33)29(8)9)27(6,23(31)19(2)28-7)24(32)37-26(3,4)5/h10-17,19,28H,1-9H3/t19-,27+/m0/s1. The summed E-state index contributed by atoms with van der Waals surface area (Å²) in [4.78, 5) is 40.6. The average Bonchev–Trinajstić information content (AvgIpc) is 2.83. The van der Waals surface area contributed by atoms with Crippen molar-refractivity contribution in [2.75, 3.05) is 25.4 Å². The van der Waals surface area contributed by atoms with Crippen LogP contribution in [0.1, 0.15) is 40.2 Å². The van der Waals surface area contributed by atoms with E-state index in [-0.39, 0.29) is 16.3 Å². The Bertz CT molecular complexity index is 1270. The SMILES string of the molecule is CN[C@@H](C)C(=O)[C@](C)(C(=O)OC(C)(C)C)N(c1ccc(OC(=O)N(C)C)cc1)S(=O)(=O)c1ccc(C)cc1. The zero-order valence-corrected chi connectivity index (χ0v) is 24.2. The molecule has 38 heavy (non-hydrogen) atoms. The van der Waals surface area contributed by atoms with Crippen molar-refractivity contribution >= 4 is 33.6 Å². The van der Waals surface area contributed by atoms with E-state index in [9.17, 15) is 22.8 Å². The molecular formula is C27H37N3O7S. The summed E-state index contributed by atoms with van der Waals surface area (Å²) in [6, 6.07) is 10.7. The molecule has 1 N–H and O–H groups in total. The van der Waals surface area contributed by atoms with Crippen LogP contribution in [0.25, 0.3) is 0 Å². The second-order valence-corrected chi connectivity index (χ2v) is 12.1. The highest BCUT2D eigenvalue weighted by atomic mass is 32.2. The summed E-state index contributed by atoms with van der Waals surface area (Å²) >= 11 is 0. The number of hydrogen-bond donors (Lipinski definition) is 1. The molecule has 2 aromatic carbocycles. The number of carbonyl (C=O) groups excluding carboxylic acids is 3. The molecule has 0 aliphatic carbocycles. The predicted molar refractivity (Wildman–Crippen MR) is 145 cm³/mol. The second kappa shape index (κ2) is 11.5. The van der Waals surface area contributed by atoms with Crippen LogP contribution in [-0.2, 0) is 24.3 Å². The normalized spacial score (nSPS) is 14.1. The maximum absolute atomic E-state index is 14.2. The molecule has 11 heteroatoms. The highest BCUT2D eigenvalue weighted by Crippen LogP contribution is 2.36. The van der Waals surface area contributed by atoms with E-state index in [1.54, 1.807) is 32.9 Å². The summed E-state index contributed by atoms with van der Waals surface area (Å²) in [5.74, 6) is -1.60. The first-order valence-electron chi connectivity index (χ1n) is 12.0. The van der Waals surface area contributed by atoms with E-state index >= 15 is 0 Å². The van der Waals surface area contributed by atoms with Gasteiger partial charge in [-0.05, 0) is 85.0 Å². The molecule has 2 atom stereocenters. The number of Topliss-reactive ketones (excluding diaryl/α,β-unsaturated/α-hetero) is 1. The fourth-order valence-corrected chi connectivity index (χ4v) is 5.24. The van der Waals surface area contributed by atoms with Crippen LogP contribution in [-0.4, -0.2) is 69.5 Å². The van der Waals surface area contributed by atoms with Gasteiger partial charge >= 0.3 is 12.1 Å². The third kappa shape index (κ3) is 6.70. The maximum atomic E-state index is 14.2. The van der Waals surface area contributed by atoms with Gasteiger partial charge in [0.15, 0.2) is 5.78 Å². The number of nitrogens with zero attached hydrogens (tertiary/aromatic N) is 2. The highest BCUT2D eigenvalue weighted by Gasteiger charge is 2.55. The van der Waals surface area contributed by atoms with Gasteiger partial charge in [-0.2, -0.15) is 0 Å². The summed E-state index contributed by atoms with van der Waals surface area (Å²) < 4.78 is 40.0. The summed E-state index contributed by atoms with van der Waals surface area (Å²) in [6.45, 7) is 9.47. The van der Waals surface area contributed by atoms with Gasteiger partial charge in [-0.15, -0.1) is 0 Å². The molecule has 208 valence electrons. The molecule has 0 bridgehead atoms. The summed E-state index contributed by atoms with van der Waals surface area (Å²) in [7, 11) is 0.0776. The number of rotatable bonds is 9. The fraction of sp³-hybridized carbons (Fsp3) is 0.444. The van der Waals surface area contributed by atoms with Gasteiger partial charge in [-0.1, -0.05) is 17.7 Å². The lowest BCUT2D eigenvalue weighted by Crippen LogP contribution is -2.65. The number of ketones is 1. The highest BCUT2D eigenvalue weighted by molar-refractivity contribution is 7.93. The summed E-state index contributed by atoms with van der Waals surface area (Å²) in [6.07, 6.45) is -0.626. The molecule has 1 amide bonds. The molecule has 2 rings (SSSR count). The quantitative estimate of drug-likeness (QED) is 0.374. The van der Waals surface area contributed by atoms with Crippen LogP contribution >= 0.6 is 0 Å². The van der Waals surface area contributed by atoms with Gasteiger partial charge < -0.3 is 19.7 Å². The Morgan fingerprint density at radius 2 is 1.45 bits per heavy atom. The second-order valence-electron chi connectivity index (χ2n) is 10.3. The molecule has 0 radical (unpaired) electrons. The first-order valence-corrected chi connectivity index (χ1v) is 13.5. The monoisotopic (exact) mass is 547 g/mol. The Morgan fingerprint density at radius 3 is 1.89 bits per heavy atom. The summed E-state index contributed by atoms with van der Waals surface area (Å²) in [5, 5.41) is 2.79. The van der Waals surface area contributed by atoms with Crippen molar-refractivity contribution in [3.63, 3.8) is 0 Å². The number of sulfonamides is 1. The van der Waals surface area contributed by atoms with E-state index in [1.807, 2.05) is 6.92 Å². The van der Waals surface area contributed by atoms with E-state index in [0.29, 0.717) is 0 Å². The van der Waals surface area contributed by atoms with E-state index in [2.05, 4.69) is 5.32 Å². The molecule has 0 fully saturated rings. The largest absolute Gasteiger partial charge is 0.458 e. The van der Waals surface area contributed by atoms with Gasteiger partial charge in [-0.3, -0.25) is 4.79 Å². The van der Waals surface area contributed by atoms with Gasteiger partial charge in [-0.25, -0.2) is 22.3 Å². The number of benzene rings is 2. The van der Waals surface area contributed by atoms with Crippen LogP contribution in [0.4, 0.5) is 10.5 Å². The predicted octanol–water partition coefficient (Wildman–Crippen LogP) is 3.53. The number of amides is 1. The van der Waals surface area contributed by atoms with Crippen molar-refractivity contribution in [1.82, 2.24) is 10.2 Å². The average molecular weight is 548 g/mol. The first-order chi connectivity index (χ1) is 17.4. The minimum Gasteiger partial charge on any atom is -0.458 e. The molecule has 0 saturated carbocycles. The Balaban J connectivity index is 2.83. The van der Waals surface area contributed by atoms with Crippen molar-refractivity contribution in [2.45, 2.75) is 63.6 Å². The number of anilines is 1. The van der Waals surface area contributed by atoms with Crippen LogP contribution in [0, 0.1) is 6.92 Å². The van der Waals surface area contributed by atoms with Gasteiger partial charge in [0.05, 0.1) is 16.6 Å². The molecule has 0 aromatic heterocycles. The molecule has 0 spiro atoms. The number of ether oxygens (including phenoxy) is 2. The molecule has 0 unspecified atom stereocenters. The maximum Gasteiger partial charge on any atom is 0.414 e. The van der Waals surface area contributed by atoms with Crippen molar-refractivity contribution in [1.29, 1.82) is 0 Å². The van der Waals surface area contributed by atoms with Gasteiger partial charge in [0.25, 0.3) is 10.0 Å². The third-order valence-electron chi connectivity index (χ3n) is 5.71. The fourth-order valence-electron chi connectivity index (χ4n) is 3.51. The van der Waals surface area contributed by atoms with Crippen LogP contribution < -0.4 is 14.4 Å². The smallest absolute Gasteiger partial charge is 0.414 e. The van der Waals surface area contributed by atoms with Crippen molar-refractivity contribution in [3.05, 3.63) is 54.1 Å². The lowest BCUT2D eigenvalue weighted by molar-refractivity contribution is -0.163. The minimum atomic E-state index is -4.50. The lowest BCUT2D eigenvalue weighted by Gasteiger charge is -2.41. The third-order valence-corrected chi connectivity index (χ3v) is 7.63. The van der Waals surface area contributed by atoms with E-state index < -0.39 is 45.1 Å². The molecule has 0 heterocycles. The Labute approximate surface area is 225 Å². The number of esters is 1. The molecule has 10 nitrogen and oxygen atoms in total. The molecule has 2 aromatic rings. The first kappa shape index (κ1) is 30.8. The topological polar surface area (TPSA) is 122 Å². The van der Waals surface area contributed by atoms with Crippen molar-refractivity contribution in [2.24, 2.45) is 0 Å². The number of nitrogens with one attached hydrogen (secondary N) is 1. The molecule has 0 aliphatic rings. The number of aryl methyl sites for hydroxylation is 1. The van der Waals surface area contributed by atoms with Crippen LogP contribution in [0.2, 0.25) is 0 Å². The number of carbonyl (C=O) groups is 3. The van der Waals surface area contributed by atoms with Crippen LogP contribution in [0.5, 0.6) is 5.75 Å². The molecular weight excluding hydrogens is 510 g/mol. The zero-order valence-electron chi connectivity index (χ0n) is 23.4. The van der Waals surface area contributed by atoms with E-state index in [1.165, 1.54) is 76.3 Å². The minimum absolute atomic E-state index is 0.000222. The Hall–Kier alpha value is -3.44. The van der Waals surface area contributed by atoms with Crippen molar-refractivity contribution < 1.29 is 32.3 Å². The van der Waals surface area contributed by atoms with Crippen LogP contribution in [0.15, 0.2) is 53.4 Å². The summed E-state index contributed by atoms with van der Waals surface area (Å²) in [5.41, 5.74) is -2.48. The Morgan fingerprint density at radius 1 is 0.921 bits per heavy atom. The lowest BCUT2D eigenvalue weighted by atomic mass is 9.90. The van der Waals surface area contributed by atoms with Crippen LogP contribution in [0.3, 0.4) is 0 Å². The Kier molecular flexibility index (Phi) is 9.34. The molecule has 0 aliphatic heterocycles. The van der Waals surface area contributed by atoms with E-state index in [4.69, 9.17) is 9.47 Å². The van der Waals surface area contributed by atoms with Gasteiger partial charge in [0.2, 0.25) is 5.54 Å². The molecule has 0 saturated heterocycles. The van der Waals surface area contributed by atoms with E-state index in [0.717, 1.165) is 9.87 Å². The number of hydrogen-bond acceptors (Lipinski definition) is 8. The number of likely N-dealkylation sites (N-methyl/N-ethyl adjacent to an activating group) is 1. The van der Waals surface area contributed by atoms with Gasteiger partial charge in [0, 0.05) is 14.1 Å². The zero-order chi connectivity index (χ0) is 29.1. The van der Waals surface area contributed by atoms with Crippen molar-refractivity contribution in [3.8, 4) is 5.75 Å².